The van der Waals surface area contributed by atoms with Crippen LogP contribution >= 0.6 is 0 Å². The Morgan fingerprint density at radius 2 is 2.07 bits per heavy atom. The molecule has 1 heterocycles. The number of rotatable bonds is 3. The maximum Gasteiger partial charge on any atom is 0.00514 e. The molecule has 14 heavy (non-hydrogen) atoms. The van der Waals surface area contributed by atoms with Gasteiger partial charge >= 0.3 is 0 Å². The predicted octanol–water partition coefficient (Wildman–Crippen LogP) is 2.09. The van der Waals surface area contributed by atoms with Gasteiger partial charge in [0.05, 0.1) is 0 Å². The van der Waals surface area contributed by atoms with Gasteiger partial charge in [-0.2, -0.15) is 0 Å². The normalized spacial score (nSPS) is 26.8. The summed E-state index contributed by atoms with van der Waals surface area (Å²) >= 11 is 0. The molecule has 1 fully saturated rings. The first-order chi connectivity index (χ1) is 6.38. The lowest BCUT2D eigenvalue weighted by Crippen LogP contribution is -2.31. The molecule has 0 aromatic carbocycles. The van der Waals surface area contributed by atoms with Gasteiger partial charge < -0.3 is 10.6 Å². The third-order valence-corrected chi connectivity index (χ3v) is 3.23. The van der Waals surface area contributed by atoms with Crippen LogP contribution in [0.2, 0.25) is 0 Å². The molecule has 84 valence electrons. The minimum Gasteiger partial charge on any atom is -0.328 e. The van der Waals surface area contributed by atoms with E-state index in [-0.39, 0.29) is 0 Å². The number of nitrogens with zero attached hydrogens (tertiary/aromatic N) is 1. The molecule has 0 spiro atoms. The van der Waals surface area contributed by atoms with E-state index < -0.39 is 0 Å². The van der Waals surface area contributed by atoms with Crippen molar-refractivity contribution in [2.45, 2.75) is 46.6 Å². The van der Waals surface area contributed by atoms with Crippen LogP contribution in [0, 0.1) is 11.3 Å². The number of hydrogen-bond donors (Lipinski definition) is 1. The van der Waals surface area contributed by atoms with Crippen LogP contribution in [-0.4, -0.2) is 30.6 Å². The summed E-state index contributed by atoms with van der Waals surface area (Å²) in [5.41, 5.74) is 6.38. The molecule has 2 unspecified atom stereocenters. The van der Waals surface area contributed by atoms with Crippen LogP contribution in [0.5, 0.6) is 0 Å². The predicted molar refractivity (Wildman–Crippen MR) is 62.3 cm³/mol. The maximum absolute atomic E-state index is 5.92. The van der Waals surface area contributed by atoms with Crippen LogP contribution in [0.1, 0.15) is 40.5 Å². The zero-order chi connectivity index (χ0) is 10.8. The van der Waals surface area contributed by atoms with Gasteiger partial charge in [0.25, 0.3) is 0 Å². The van der Waals surface area contributed by atoms with Gasteiger partial charge in [0.1, 0.15) is 0 Å². The molecule has 0 aromatic rings. The largest absolute Gasteiger partial charge is 0.328 e. The van der Waals surface area contributed by atoms with Crippen LogP contribution in [0.4, 0.5) is 0 Å². The zero-order valence-electron chi connectivity index (χ0n) is 10.2. The van der Waals surface area contributed by atoms with Gasteiger partial charge in [0.15, 0.2) is 0 Å². The fourth-order valence-corrected chi connectivity index (χ4v) is 1.99. The minimum absolute atomic E-state index is 0.370. The van der Waals surface area contributed by atoms with Crippen molar-refractivity contribution in [2.75, 3.05) is 19.6 Å². The van der Waals surface area contributed by atoms with E-state index >= 15 is 0 Å². The van der Waals surface area contributed by atoms with Crippen molar-refractivity contribution in [1.82, 2.24) is 4.90 Å². The quantitative estimate of drug-likeness (QED) is 0.752. The summed E-state index contributed by atoms with van der Waals surface area (Å²) in [5, 5.41) is 0. The van der Waals surface area contributed by atoms with E-state index in [9.17, 15) is 0 Å². The number of hydrogen-bond acceptors (Lipinski definition) is 2. The van der Waals surface area contributed by atoms with Crippen LogP contribution in [0.15, 0.2) is 0 Å². The van der Waals surface area contributed by atoms with Crippen molar-refractivity contribution >= 4 is 0 Å². The first-order valence-corrected chi connectivity index (χ1v) is 5.86. The summed E-state index contributed by atoms with van der Waals surface area (Å²) < 4.78 is 0. The molecular formula is C12H26N2. The van der Waals surface area contributed by atoms with Gasteiger partial charge in [-0.1, -0.05) is 20.8 Å². The molecule has 0 aliphatic carbocycles. The van der Waals surface area contributed by atoms with Gasteiger partial charge in [-0.25, -0.2) is 0 Å². The number of likely N-dealkylation sites (tertiary alicyclic amines) is 1. The maximum atomic E-state index is 5.92. The molecule has 1 aliphatic heterocycles. The van der Waals surface area contributed by atoms with Crippen molar-refractivity contribution < 1.29 is 0 Å². The Kier molecular flexibility index (Phi) is 3.96. The molecule has 0 bridgehead atoms. The lowest BCUT2D eigenvalue weighted by atomic mass is 9.92. The van der Waals surface area contributed by atoms with E-state index in [1.165, 1.54) is 32.5 Å². The highest BCUT2D eigenvalue weighted by Gasteiger charge is 2.25. The molecule has 0 aromatic heterocycles. The second kappa shape index (κ2) is 4.63. The summed E-state index contributed by atoms with van der Waals surface area (Å²) in [7, 11) is 0. The van der Waals surface area contributed by atoms with E-state index in [0.717, 1.165) is 5.92 Å². The van der Waals surface area contributed by atoms with E-state index in [1.54, 1.807) is 0 Å². The van der Waals surface area contributed by atoms with E-state index in [1.807, 2.05) is 0 Å². The molecule has 0 radical (unpaired) electrons. The molecule has 1 aliphatic rings. The number of nitrogens with two attached hydrogens (primary N) is 1. The topological polar surface area (TPSA) is 29.3 Å². The smallest absolute Gasteiger partial charge is 0.00514 e. The molecule has 2 atom stereocenters. The molecule has 0 amide bonds. The highest BCUT2D eigenvalue weighted by atomic mass is 15.1. The van der Waals surface area contributed by atoms with Crippen molar-refractivity contribution in [1.29, 1.82) is 0 Å². The van der Waals surface area contributed by atoms with Gasteiger partial charge in [-0.3, -0.25) is 0 Å². The first kappa shape index (κ1) is 12.0. The minimum atomic E-state index is 0.370. The Bertz CT molecular complexity index is 170. The average molecular weight is 198 g/mol. The van der Waals surface area contributed by atoms with Crippen molar-refractivity contribution in [2.24, 2.45) is 17.1 Å². The Labute approximate surface area is 88.8 Å². The van der Waals surface area contributed by atoms with E-state index in [4.69, 9.17) is 5.73 Å². The highest BCUT2D eigenvalue weighted by molar-refractivity contribution is 4.81. The van der Waals surface area contributed by atoms with Gasteiger partial charge in [-0.05, 0) is 44.2 Å². The van der Waals surface area contributed by atoms with Crippen LogP contribution in [-0.2, 0) is 0 Å². The second-order valence-electron chi connectivity index (χ2n) is 6.02. The summed E-state index contributed by atoms with van der Waals surface area (Å²) in [6, 6.07) is 0.370. The van der Waals surface area contributed by atoms with Crippen molar-refractivity contribution in [3.63, 3.8) is 0 Å². The summed E-state index contributed by atoms with van der Waals surface area (Å²) in [4.78, 5) is 2.57. The summed E-state index contributed by atoms with van der Waals surface area (Å²) in [6.45, 7) is 12.8. The average Bonchev–Trinajstić information content (AvgIpc) is 2.47. The molecular weight excluding hydrogens is 172 g/mol. The molecule has 2 nitrogen and oxygen atoms in total. The van der Waals surface area contributed by atoms with Gasteiger partial charge in [0, 0.05) is 12.6 Å². The monoisotopic (exact) mass is 198 g/mol. The van der Waals surface area contributed by atoms with Crippen LogP contribution in [0.3, 0.4) is 0 Å². The van der Waals surface area contributed by atoms with Gasteiger partial charge in [-0.15, -0.1) is 0 Å². The Hall–Kier alpha value is -0.0800. The second-order valence-corrected chi connectivity index (χ2v) is 6.02. The Balaban J connectivity index is 2.23. The lowest BCUT2D eigenvalue weighted by Gasteiger charge is -2.23. The highest BCUT2D eigenvalue weighted by Crippen LogP contribution is 2.23. The fourth-order valence-electron chi connectivity index (χ4n) is 1.99. The third kappa shape index (κ3) is 3.97. The Morgan fingerprint density at radius 3 is 2.50 bits per heavy atom. The molecule has 0 saturated carbocycles. The first-order valence-electron chi connectivity index (χ1n) is 5.86. The molecule has 1 rings (SSSR count). The van der Waals surface area contributed by atoms with Crippen molar-refractivity contribution in [3.8, 4) is 0 Å². The van der Waals surface area contributed by atoms with Crippen molar-refractivity contribution in [3.05, 3.63) is 0 Å². The Morgan fingerprint density at radius 1 is 1.43 bits per heavy atom. The van der Waals surface area contributed by atoms with Crippen LogP contribution in [0.25, 0.3) is 0 Å². The van der Waals surface area contributed by atoms with Crippen LogP contribution < -0.4 is 5.73 Å². The van der Waals surface area contributed by atoms with E-state index in [0.29, 0.717) is 11.5 Å². The van der Waals surface area contributed by atoms with E-state index in [2.05, 4.69) is 32.6 Å². The third-order valence-electron chi connectivity index (χ3n) is 3.23. The van der Waals surface area contributed by atoms with Gasteiger partial charge in [0.2, 0.25) is 0 Å². The lowest BCUT2D eigenvalue weighted by molar-refractivity contribution is 0.255. The zero-order valence-corrected chi connectivity index (χ0v) is 10.2. The standard InChI is InChI=1S/C12H26N2/c1-10(13)11-5-7-14(9-11)8-6-12(2,3)4/h10-11H,5-9,13H2,1-4H3. The SMILES string of the molecule is CC(N)C1CCN(CCC(C)(C)C)C1. The fraction of sp³-hybridized carbons (Fsp3) is 1.00. The molecule has 1 saturated heterocycles. The molecule has 2 heteroatoms. The summed E-state index contributed by atoms with van der Waals surface area (Å²) in [5.74, 6) is 0.731. The summed E-state index contributed by atoms with van der Waals surface area (Å²) in [6.07, 6.45) is 2.58. The molecule has 2 N–H and O–H groups in total.